The Hall–Kier alpha value is -0.120. The van der Waals surface area contributed by atoms with Gasteiger partial charge in [-0.2, -0.15) is 0 Å². The summed E-state index contributed by atoms with van der Waals surface area (Å²) < 4.78 is 0. The van der Waals surface area contributed by atoms with Crippen LogP contribution in [0.5, 0.6) is 0 Å². The zero-order chi connectivity index (χ0) is 30.6. The summed E-state index contributed by atoms with van der Waals surface area (Å²) in [6.07, 6.45) is 20.3. The summed E-state index contributed by atoms with van der Waals surface area (Å²) in [5.74, 6) is 5.43. The smallest absolute Gasteiger partial charge is 0.00701 e. The molecule has 0 aromatic heterocycles. The van der Waals surface area contributed by atoms with E-state index >= 15 is 0 Å². The molecular formula is C37H81N3. The Morgan fingerprint density at radius 2 is 0.775 bits per heavy atom. The normalized spacial score (nSPS) is 24.8. The number of piperidine rings is 2. The molecule has 4 aliphatic heterocycles. The Morgan fingerprint density at radius 1 is 0.450 bits per heavy atom. The fraction of sp³-hybridized carbons (Fsp3) is 1.00. The maximum atomic E-state index is 3.60. The molecule has 2 aliphatic carbocycles. The molecule has 3 heteroatoms. The monoisotopic (exact) mass is 568 g/mol. The molecular weight excluding hydrogens is 486 g/mol. The number of rotatable bonds is 1. The average Bonchev–Trinajstić information content (AvgIpc) is 3.61. The lowest BCUT2D eigenvalue weighted by atomic mass is 9.69. The molecule has 0 spiro atoms. The highest BCUT2D eigenvalue weighted by Crippen LogP contribution is 2.38. The van der Waals surface area contributed by atoms with Gasteiger partial charge in [0.25, 0.3) is 0 Å². The molecule has 6 fully saturated rings. The van der Waals surface area contributed by atoms with E-state index in [1.807, 2.05) is 0 Å². The van der Waals surface area contributed by atoms with Crippen molar-refractivity contribution >= 4 is 0 Å². The van der Waals surface area contributed by atoms with Crippen LogP contribution in [0.2, 0.25) is 0 Å². The highest BCUT2D eigenvalue weighted by atomic mass is 14.9. The van der Waals surface area contributed by atoms with Gasteiger partial charge in [-0.1, -0.05) is 121 Å². The van der Waals surface area contributed by atoms with Gasteiger partial charge in [0.15, 0.2) is 0 Å². The van der Waals surface area contributed by atoms with E-state index in [1.54, 1.807) is 0 Å². The van der Waals surface area contributed by atoms with Crippen molar-refractivity contribution in [1.29, 1.82) is 0 Å². The molecule has 3 nitrogen and oxygen atoms in total. The van der Waals surface area contributed by atoms with E-state index in [0.29, 0.717) is 0 Å². The Kier molecular flexibility index (Phi) is 31.9. The van der Waals surface area contributed by atoms with Gasteiger partial charge in [0, 0.05) is 6.04 Å². The van der Waals surface area contributed by atoms with E-state index in [0.717, 1.165) is 41.5 Å². The second kappa shape index (κ2) is 30.3. The SMILES string of the molecule is C1CCCC1.C1CCCNCC1.C1CCNC1.CC(C)C.CC(C)C.CC(C)C.CC(C)C1CC2CCC1CN2. The lowest BCUT2D eigenvalue weighted by Gasteiger charge is -2.45. The van der Waals surface area contributed by atoms with E-state index in [-0.39, 0.29) is 0 Å². The molecule has 4 heterocycles. The van der Waals surface area contributed by atoms with Crippen molar-refractivity contribution in [3.63, 3.8) is 0 Å². The molecule has 3 N–H and O–H groups in total. The lowest BCUT2D eigenvalue weighted by molar-refractivity contribution is 0.0969. The molecule has 0 aromatic carbocycles. The quantitative estimate of drug-likeness (QED) is 0.295. The summed E-state index contributed by atoms with van der Waals surface area (Å²) in [5.41, 5.74) is 0. The fourth-order valence-electron chi connectivity index (χ4n) is 5.33. The van der Waals surface area contributed by atoms with Gasteiger partial charge in [0.05, 0.1) is 0 Å². The standard InChI is InChI=1S/C10H19N.C6H13N.C5H10.C4H9N.3C4H10/c1-7(2)10-5-9-4-3-8(10)6-11-9;1-2-4-6-7-5-3-1;2*1-2-4-5-3-1;3*1-4(2)3/h7-11H,3-6H2,1-2H3;7H,1-6H2;1-5H2;5H,1-4H2;3*4H,1-3H3. The zero-order valence-corrected chi connectivity index (χ0v) is 30.0. The number of hydrogen-bond donors (Lipinski definition) is 3. The summed E-state index contributed by atoms with van der Waals surface area (Å²) in [6.45, 7) is 30.6. The molecule has 6 rings (SSSR count). The van der Waals surface area contributed by atoms with Gasteiger partial charge >= 0.3 is 0 Å². The van der Waals surface area contributed by atoms with Crippen molar-refractivity contribution in [1.82, 2.24) is 16.0 Å². The topological polar surface area (TPSA) is 36.1 Å². The molecule has 3 atom stereocenters. The minimum atomic E-state index is 0.833. The van der Waals surface area contributed by atoms with E-state index in [1.165, 1.54) is 123 Å². The van der Waals surface area contributed by atoms with Crippen LogP contribution >= 0.6 is 0 Å². The van der Waals surface area contributed by atoms with Crippen LogP contribution in [0.3, 0.4) is 0 Å². The summed E-state index contributed by atoms with van der Waals surface area (Å²) in [4.78, 5) is 0. The van der Waals surface area contributed by atoms with Crippen molar-refractivity contribution in [2.45, 2.75) is 172 Å². The van der Waals surface area contributed by atoms with Crippen molar-refractivity contribution in [2.24, 2.45) is 35.5 Å². The van der Waals surface area contributed by atoms with E-state index < -0.39 is 0 Å². The molecule has 0 amide bonds. The van der Waals surface area contributed by atoms with E-state index in [2.05, 4.69) is 92.1 Å². The van der Waals surface area contributed by atoms with Crippen LogP contribution in [-0.2, 0) is 0 Å². The van der Waals surface area contributed by atoms with Gasteiger partial charge in [0.2, 0.25) is 0 Å². The Bertz CT molecular complexity index is 391. The van der Waals surface area contributed by atoms with Crippen molar-refractivity contribution in [3.8, 4) is 0 Å². The Morgan fingerprint density at radius 3 is 1.00 bits per heavy atom. The molecule has 4 saturated heterocycles. The molecule has 0 aromatic rings. The number of hydrogen-bond acceptors (Lipinski definition) is 3. The molecule has 6 aliphatic rings. The van der Waals surface area contributed by atoms with Crippen molar-refractivity contribution in [3.05, 3.63) is 0 Å². The largest absolute Gasteiger partial charge is 0.317 e. The van der Waals surface area contributed by atoms with Crippen LogP contribution in [0, 0.1) is 35.5 Å². The Labute approximate surface area is 256 Å². The molecule has 3 unspecified atom stereocenters. The minimum Gasteiger partial charge on any atom is -0.317 e. The maximum absolute atomic E-state index is 3.60. The first kappa shape index (κ1) is 42.0. The van der Waals surface area contributed by atoms with Crippen LogP contribution in [0.15, 0.2) is 0 Å². The van der Waals surface area contributed by atoms with Gasteiger partial charge in [-0.3, -0.25) is 0 Å². The van der Waals surface area contributed by atoms with Gasteiger partial charge in [-0.25, -0.2) is 0 Å². The summed E-state index contributed by atoms with van der Waals surface area (Å²) in [7, 11) is 0. The highest BCUT2D eigenvalue weighted by molar-refractivity contribution is 4.91. The van der Waals surface area contributed by atoms with Gasteiger partial charge in [0.1, 0.15) is 0 Å². The van der Waals surface area contributed by atoms with Gasteiger partial charge in [-0.15, -0.1) is 0 Å². The zero-order valence-electron chi connectivity index (χ0n) is 30.0. The first-order valence-electron chi connectivity index (χ1n) is 18.1. The molecule has 2 saturated carbocycles. The minimum absolute atomic E-state index is 0.833. The number of fused-ring (bicyclic) bond motifs is 3. The van der Waals surface area contributed by atoms with Crippen LogP contribution in [0.25, 0.3) is 0 Å². The molecule has 244 valence electrons. The van der Waals surface area contributed by atoms with Crippen molar-refractivity contribution < 1.29 is 0 Å². The Balaban J connectivity index is 0. The third-order valence-corrected chi connectivity index (χ3v) is 7.24. The summed E-state index contributed by atoms with van der Waals surface area (Å²) in [5, 5.41) is 10.2. The van der Waals surface area contributed by atoms with Crippen LogP contribution < -0.4 is 16.0 Å². The van der Waals surface area contributed by atoms with Gasteiger partial charge in [-0.05, 0) is 113 Å². The van der Waals surface area contributed by atoms with Crippen LogP contribution in [0.1, 0.15) is 166 Å². The third kappa shape index (κ3) is 34.1. The fourth-order valence-corrected chi connectivity index (χ4v) is 5.33. The van der Waals surface area contributed by atoms with Crippen LogP contribution in [-0.4, -0.2) is 38.8 Å². The predicted octanol–water partition coefficient (Wildman–Crippen LogP) is 10.5. The van der Waals surface area contributed by atoms with E-state index in [9.17, 15) is 0 Å². The maximum Gasteiger partial charge on any atom is 0.00701 e. The molecule has 40 heavy (non-hydrogen) atoms. The molecule has 0 radical (unpaired) electrons. The second-order valence-corrected chi connectivity index (χ2v) is 15.2. The average molecular weight is 568 g/mol. The lowest BCUT2D eigenvalue weighted by Crippen LogP contribution is -2.50. The third-order valence-electron chi connectivity index (χ3n) is 7.24. The molecule has 2 bridgehead atoms. The first-order chi connectivity index (χ1) is 19.0. The summed E-state index contributed by atoms with van der Waals surface area (Å²) in [6, 6.07) is 0.868. The number of nitrogens with one attached hydrogen (secondary N) is 3. The van der Waals surface area contributed by atoms with Crippen molar-refractivity contribution in [2.75, 3.05) is 32.7 Å². The first-order valence-corrected chi connectivity index (χ1v) is 18.1. The second-order valence-electron chi connectivity index (χ2n) is 15.2. The van der Waals surface area contributed by atoms with Gasteiger partial charge < -0.3 is 16.0 Å². The highest BCUT2D eigenvalue weighted by Gasteiger charge is 2.36. The summed E-state index contributed by atoms with van der Waals surface area (Å²) >= 11 is 0. The van der Waals surface area contributed by atoms with E-state index in [4.69, 9.17) is 0 Å². The predicted molar refractivity (Wildman–Crippen MR) is 186 cm³/mol. The van der Waals surface area contributed by atoms with Crippen LogP contribution in [0.4, 0.5) is 0 Å².